The lowest BCUT2D eigenvalue weighted by Gasteiger charge is -2.51. The highest BCUT2D eigenvalue weighted by Crippen LogP contribution is 2.49. The molecule has 2 aliphatic carbocycles. The van der Waals surface area contributed by atoms with Crippen molar-refractivity contribution in [2.45, 2.75) is 68.9 Å². The monoisotopic (exact) mass is 519 g/mol. The van der Waals surface area contributed by atoms with Gasteiger partial charge in [-0.2, -0.15) is 4.98 Å². The van der Waals surface area contributed by atoms with Crippen molar-refractivity contribution >= 4 is 11.8 Å². The summed E-state index contributed by atoms with van der Waals surface area (Å²) in [5, 5.41) is 0. The maximum absolute atomic E-state index is 13.8. The van der Waals surface area contributed by atoms with E-state index in [1.54, 1.807) is 19.4 Å². The average molecular weight is 520 g/mol. The van der Waals surface area contributed by atoms with Crippen molar-refractivity contribution in [2.75, 3.05) is 40.8 Å². The molecule has 1 saturated heterocycles. The number of ether oxygens (including phenoxy) is 1. The van der Waals surface area contributed by atoms with Crippen LogP contribution in [0.25, 0.3) is 0 Å². The minimum absolute atomic E-state index is 0.0301. The van der Waals surface area contributed by atoms with Crippen LogP contribution in [0.15, 0.2) is 42.6 Å². The third-order valence-electron chi connectivity index (χ3n) is 9.28. The maximum atomic E-state index is 13.8. The van der Waals surface area contributed by atoms with E-state index in [4.69, 9.17) is 4.74 Å². The molecule has 0 atom stereocenters. The second kappa shape index (κ2) is 11.0. The lowest BCUT2D eigenvalue weighted by molar-refractivity contribution is -0.119. The normalized spacial score (nSPS) is 25.7. The van der Waals surface area contributed by atoms with Gasteiger partial charge in [-0.15, -0.1) is 0 Å². The van der Waals surface area contributed by atoms with Crippen molar-refractivity contribution in [3.05, 3.63) is 54.0 Å². The number of hydrogen-bond donors (Lipinski definition) is 0. The van der Waals surface area contributed by atoms with Gasteiger partial charge in [0.1, 0.15) is 5.82 Å². The van der Waals surface area contributed by atoms with Gasteiger partial charge in [-0.1, -0.05) is 36.8 Å². The first kappa shape index (κ1) is 26.6. The van der Waals surface area contributed by atoms with E-state index < -0.39 is 0 Å². The highest BCUT2D eigenvalue weighted by atomic mass is 16.5. The molecule has 0 bridgehead atoms. The topological polar surface area (TPSA) is 78.9 Å². The zero-order chi connectivity index (χ0) is 26.8. The van der Waals surface area contributed by atoms with Gasteiger partial charge < -0.3 is 14.5 Å². The molecule has 3 aliphatic rings. The average Bonchev–Trinajstić information content (AvgIpc) is 3.15. The van der Waals surface area contributed by atoms with E-state index in [0.717, 1.165) is 32.2 Å². The number of hydrogen-bond acceptors (Lipinski definition) is 6. The molecule has 8 nitrogen and oxygen atoms in total. The third kappa shape index (κ3) is 5.15. The van der Waals surface area contributed by atoms with Crippen LogP contribution in [0.3, 0.4) is 0 Å². The number of amides is 2. The summed E-state index contributed by atoms with van der Waals surface area (Å²) in [6.07, 6.45) is 9.93. The Bertz CT molecular complexity index is 1130. The van der Waals surface area contributed by atoms with E-state index in [9.17, 15) is 9.59 Å². The second-order valence-corrected chi connectivity index (χ2v) is 11.6. The number of aryl methyl sites for hydroxylation is 1. The fourth-order valence-electron chi connectivity index (χ4n) is 6.67. The number of urea groups is 1. The minimum atomic E-state index is -0.197. The summed E-state index contributed by atoms with van der Waals surface area (Å²) >= 11 is 0. The van der Waals surface area contributed by atoms with Gasteiger partial charge in [0, 0.05) is 43.7 Å². The van der Waals surface area contributed by atoms with Crippen molar-refractivity contribution in [1.29, 1.82) is 0 Å². The number of aromatic nitrogens is 2. The summed E-state index contributed by atoms with van der Waals surface area (Å²) in [6, 6.07) is 12.5. The van der Waals surface area contributed by atoms with Gasteiger partial charge in [-0.3, -0.25) is 9.69 Å². The fourth-order valence-corrected chi connectivity index (χ4v) is 6.67. The van der Waals surface area contributed by atoms with Crippen molar-refractivity contribution in [3.8, 4) is 5.88 Å². The van der Waals surface area contributed by atoms with Crippen LogP contribution >= 0.6 is 0 Å². The standard InChI is InChI=1S/C30H41N5O3/c1-33(2)30(24-10-5-4-6-11-24)17-15-29(16-18-30)22-34(28(37)35(29)20-23-8-7-9-23)21-25(36)12-13-26-31-19-14-27(32-26)38-3/h4-6,10-11,14,19,23H,7-9,12-13,15-18,20-22H2,1-3H3. The molecule has 2 saturated carbocycles. The predicted molar refractivity (Wildman–Crippen MR) is 146 cm³/mol. The van der Waals surface area contributed by atoms with Crippen LogP contribution in [0.4, 0.5) is 4.79 Å². The molecule has 8 heteroatoms. The highest BCUT2D eigenvalue weighted by molar-refractivity contribution is 5.87. The lowest BCUT2D eigenvalue weighted by atomic mass is 9.68. The Hall–Kier alpha value is -3.00. The molecule has 0 unspecified atom stereocenters. The minimum Gasteiger partial charge on any atom is -0.481 e. The number of ketones is 1. The summed E-state index contributed by atoms with van der Waals surface area (Å²) in [5.74, 6) is 1.72. The Morgan fingerprint density at radius 3 is 2.47 bits per heavy atom. The molecule has 2 aromatic rings. The van der Waals surface area contributed by atoms with E-state index in [1.807, 2.05) is 4.90 Å². The number of benzene rings is 1. The predicted octanol–water partition coefficient (Wildman–Crippen LogP) is 4.29. The fraction of sp³-hybridized carbons (Fsp3) is 0.600. The first-order chi connectivity index (χ1) is 18.3. The van der Waals surface area contributed by atoms with Crippen LogP contribution in [0.2, 0.25) is 0 Å². The highest BCUT2D eigenvalue weighted by Gasteiger charge is 2.55. The molecule has 0 radical (unpaired) electrons. The number of methoxy groups -OCH3 is 1. The van der Waals surface area contributed by atoms with Crippen LogP contribution in [0, 0.1) is 5.92 Å². The number of Topliss-reactive ketones (excluding diaryl/α,β-unsaturated/α-hetero) is 1. The summed E-state index contributed by atoms with van der Waals surface area (Å²) in [6.45, 7) is 1.61. The number of nitrogens with zero attached hydrogens (tertiary/aromatic N) is 5. The Labute approximate surface area is 226 Å². The molecule has 2 amide bonds. The molecule has 2 heterocycles. The molecule has 5 rings (SSSR count). The van der Waals surface area contributed by atoms with Gasteiger partial charge in [-0.05, 0) is 64.1 Å². The van der Waals surface area contributed by atoms with Gasteiger partial charge in [0.15, 0.2) is 5.78 Å². The number of rotatable bonds is 10. The van der Waals surface area contributed by atoms with Crippen LogP contribution in [0.1, 0.15) is 62.8 Å². The van der Waals surface area contributed by atoms with Crippen molar-refractivity contribution in [2.24, 2.45) is 5.92 Å². The third-order valence-corrected chi connectivity index (χ3v) is 9.28. The van der Waals surface area contributed by atoms with Gasteiger partial charge >= 0.3 is 6.03 Å². The van der Waals surface area contributed by atoms with E-state index in [-0.39, 0.29) is 29.4 Å². The van der Waals surface area contributed by atoms with Gasteiger partial charge in [0.25, 0.3) is 0 Å². The van der Waals surface area contributed by atoms with E-state index in [2.05, 4.69) is 64.2 Å². The van der Waals surface area contributed by atoms with E-state index in [0.29, 0.717) is 37.0 Å². The van der Waals surface area contributed by atoms with Gasteiger partial charge in [0.2, 0.25) is 5.88 Å². The van der Waals surface area contributed by atoms with Crippen molar-refractivity contribution < 1.29 is 14.3 Å². The maximum Gasteiger partial charge on any atom is 0.321 e. The van der Waals surface area contributed by atoms with Gasteiger partial charge in [0.05, 0.1) is 19.2 Å². The van der Waals surface area contributed by atoms with Gasteiger partial charge in [-0.25, -0.2) is 9.78 Å². The molecule has 1 aromatic heterocycles. The number of carbonyl (C=O) groups excluding carboxylic acids is 2. The zero-order valence-corrected chi connectivity index (χ0v) is 23.1. The zero-order valence-electron chi connectivity index (χ0n) is 23.1. The molecule has 1 spiro atoms. The van der Waals surface area contributed by atoms with Crippen molar-refractivity contribution in [3.63, 3.8) is 0 Å². The molecule has 38 heavy (non-hydrogen) atoms. The van der Waals surface area contributed by atoms with Crippen LogP contribution in [0.5, 0.6) is 5.88 Å². The Kier molecular flexibility index (Phi) is 7.70. The largest absolute Gasteiger partial charge is 0.481 e. The van der Waals surface area contributed by atoms with E-state index >= 15 is 0 Å². The summed E-state index contributed by atoms with van der Waals surface area (Å²) in [4.78, 5) is 41.7. The Morgan fingerprint density at radius 1 is 1.11 bits per heavy atom. The molecule has 204 valence electrons. The smallest absolute Gasteiger partial charge is 0.321 e. The Morgan fingerprint density at radius 2 is 1.84 bits per heavy atom. The first-order valence-corrected chi connectivity index (χ1v) is 14.0. The van der Waals surface area contributed by atoms with E-state index in [1.165, 1.54) is 24.8 Å². The molecule has 0 N–H and O–H groups in total. The van der Waals surface area contributed by atoms with Crippen LogP contribution in [-0.2, 0) is 16.8 Å². The lowest BCUT2D eigenvalue weighted by Crippen LogP contribution is -2.56. The van der Waals surface area contributed by atoms with Crippen molar-refractivity contribution in [1.82, 2.24) is 24.7 Å². The van der Waals surface area contributed by atoms with Crippen LogP contribution < -0.4 is 4.74 Å². The molecule has 1 aliphatic heterocycles. The summed E-state index contributed by atoms with van der Waals surface area (Å²) in [7, 11) is 5.91. The summed E-state index contributed by atoms with van der Waals surface area (Å²) in [5.41, 5.74) is 1.12. The molecular formula is C30H41N5O3. The summed E-state index contributed by atoms with van der Waals surface area (Å²) < 4.78 is 5.16. The molecule has 3 fully saturated rings. The molecule has 1 aromatic carbocycles. The SMILES string of the molecule is COc1ccnc(CCC(=O)CN2CC3(CCC(c4ccccc4)(N(C)C)CC3)N(CC3CCC3)C2=O)n1. The number of carbonyl (C=O) groups is 2. The Balaban J connectivity index is 1.29. The van der Waals surface area contributed by atoms with Crippen LogP contribution in [-0.4, -0.2) is 82.9 Å². The molecular weight excluding hydrogens is 478 g/mol. The quantitative estimate of drug-likeness (QED) is 0.466. The first-order valence-electron chi connectivity index (χ1n) is 14.0. The second-order valence-electron chi connectivity index (χ2n) is 11.6.